The monoisotopic (exact) mass is 354 g/mol. The van der Waals surface area contributed by atoms with E-state index in [-0.39, 0.29) is 5.91 Å². The quantitative estimate of drug-likeness (QED) is 0.767. The van der Waals surface area contributed by atoms with Gasteiger partial charge in [0.15, 0.2) is 0 Å². The van der Waals surface area contributed by atoms with Crippen LogP contribution in [0.4, 0.5) is 0 Å². The van der Waals surface area contributed by atoms with E-state index in [2.05, 4.69) is 45.9 Å². The summed E-state index contributed by atoms with van der Waals surface area (Å²) in [6.45, 7) is 2.33. The maximum Gasteiger partial charge on any atom is 0.234 e. The van der Waals surface area contributed by atoms with Gasteiger partial charge in [-0.05, 0) is 60.6 Å². The molecule has 1 amide bonds. The second kappa shape index (κ2) is 7.71. The normalized spacial score (nSPS) is 20.2. The Morgan fingerprint density at radius 3 is 2.84 bits per heavy atom. The molecule has 1 aliphatic heterocycles. The van der Waals surface area contributed by atoms with Gasteiger partial charge in [-0.15, -0.1) is 11.3 Å². The van der Waals surface area contributed by atoms with Crippen molar-refractivity contribution in [1.82, 2.24) is 10.2 Å². The number of hydrogen-bond acceptors (Lipinski definition) is 3. The molecule has 1 aromatic heterocycles. The number of aryl methyl sites for hydroxylation is 1. The van der Waals surface area contributed by atoms with Crippen LogP contribution in [0.3, 0.4) is 0 Å². The van der Waals surface area contributed by atoms with Gasteiger partial charge in [0.05, 0.1) is 6.54 Å². The molecule has 1 aliphatic carbocycles. The molecule has 1 fully saturated rings. The first-order chi connectivity index (χ1) is 12.3. The van der Waals surface area contributed by atoms with Crippen LogP contribution < -0.4 is 5.32 Å². The predicted molar refractivity (Wildman–Crippen MR) is 103 cm³/mol. The molecule has 3 nitrogen and oxygen atoms in total. The van der Waals surface area contributed by atoms with Crippen LogP contribution in [0.25, 0.3) is 0 Å². The summed E-state index contributed by atoms with van der Waals surface area (Å²) in [4.78, 5) is 16.4. The van der Waals surface area contributed by atoms with Crippen molar-refractivity contribution in [3.8, 4) is 0 Å². The first-order valence-corrected chi connectivity index (χ1v) is 10.3. The Hall–Kier alpha value is -1.65. The van der Waals surface area contributed by atoms with E-state index < -0.39 is 0 Å². The van der Waals surface area contributed by atoms with E-state index in [1.807, 2.05) is 17.4 Å². The number of nitrogens with zero attached hydrogens (tertiary/aromatic N) is 1. The van der Waals surface area contributed by atoms with Gasteiger partial charge >= 0.3 is 0 Å². The van der Waals surface area contributed by atoms with Gasteiger partial charge in [0.1, 0.15) is 0 Å². The predicted octanol–water partition coefficient (Wildman–Crippen LogP) is 3.81. The van der Waals surface area contributed by atoms with Crippen molar-refractivity contribution in [1.29, 1.82) is 0 Å². The van der Waals surface area contributed by atoms with Gasteiger partial charge in [-0.3, -0.25) is 9.69 Å². The zero-order valence-corrected chi connectivity index (χ0v) is 15.4. The first-order valence-electron chi connectivity index (χ1n) is 9.42. The van der Waals surface area contributed by atoms with Crippen LogP contribution in [0.2, 0.25) is 0 Å². The minimum Gasteiger partial charge on any atom is -0.355 e. The molecule has 0 saturated heterocycles. The van der Waals surface area contributed by atoms with E-state index in [4.69, 9.17) is 0 Å². The third kappa shape index (κ3) is 4.13. The fraction of sp³-hybridized carbons (Fsp3) is 0.476. The van der Waals surface area contributed by atoms with E-state index in [0.29, 0.717) is 12.6 Å². The Morgan fingerprint density at radius 1 is 1.20 bits per heavy atom. The van der Waals surface area contributed by atoms with Gasteiger partial charge in [0.25, 0.3) is 0 Å². The summed E-state index contributed by atoms with van der Waals surface area (Å²) >= 11 is 1.88. The highest BCUT2D eigenvalue weighted by molar-refractivity contribution is 7.10. The number of fused-ring (bicyclic) bond motifs is 1. The Kier molecular flexibility index (Phi) is 5.18. The summed E-state index contributed by atoms with van der Waals surface area (Å²) < 4.78 is 0. The van der Waals surface area contributed by atoms with Crippen LogP contribution in [0.1, 0.15) is 41.3 Å². The Morgan fingerprint density at radius 2 is 2.04 bits per heavy atom. The van der Waals surface area contributed by atoms with E-state index in [9.17, 15) is 4.79 Å². The van der Waals surface area contributed by atoms with Gasteiger partial charge in [-0.25, -0.2) is 0 Å². The molecule has 0 spiro atoms. The molecule has 1 aromatic carbocycles. The van der Waals surface area contributed by atoms with Crippen LogP contribution in [0.5, 0.6) is 0 Å². The topological polar surface area (TPSA) is 32.3 Å². The standard InChI is InChI=1S/C21H26N2OS/c24-20(22-12-4-7-16-5-2-1-3-6-16)15-23-13-10-19-18(11-14-25-19)21(23)17-8-9-17/h1-3,5-6,11,14,17,21H,4,7-10,12-13,15H2,(H,22,24)/t21-/m1/s1. The number of carbonyl (C=O) groups excluding carboxylic acids is 1. The van der Waals surface area contributed by atoms with E-state index in [1.54, 1.807) is 0 Å². The molecule has 4 heteroatoms. The molecule has 4 rings (SSSR count). The molecule has 2 heterocycles. The van der Waals surface area contributed by atoms with Gasteiger partial charge < -0.3 is 5.32 Å². The average Bonchev–Trinajstić information content (AvgIpc) is 3.35. The Balaban J connectivity index is 1.26. The minimum absolute atomic E-state index is 0.178. The largest absolute Gasteiger partial charge is 0.355 e. The third-order valence-electron chi connectivity index (χ3n) is 5.34. The number of hydrogen-bond donors (Lipinski definition) is 1. The maximum atomic E-state index is 12.4. The fourth-order valence-corrected chi connectivity index (χ4v) is 4.86. The smallest absolute Gasteiger partial charge is 0.234 e. The zero-order chi connectivity index (χ0) is 17.1. The molecule has 1 N–H and O–H groups in total. The molecule has 1 saturated carbocycles. The molecule has 0 unspecified atom stereocenters. The number of carbonyl (C=O) groups is 1. The number of rotatable bonds is 7. The molecular formula is C21H26N2OS. The number of benzene rings is 1. The Labute approximate surface area is 154 Å². The highest BCUT2D eigenvalue weighted by Gasteiger charge is 2.40. The van der Waals surface area contributed by atoms with Crippen molar-refractivity contribution in [2.75, 3.05) is 19.6 Å². The molecule has 0 bridgehead atoms. The average molecular weight is 355 g/mol. The molecule has 132 valence electrons. The van der Waals surface area contributed by atoms with Crippen molar-refractivity contribution < 1.29 is 4.79 Å². The van der Waals surface area contributed by atoms with E-state index in [0.717, 1.165) is 38.3 Å². The van der Waals surface area contributed by atoms with Gasteiger partial charge in [-0.1, -0.05) is 30.3 Å². The summed E-state index contributed by atoms with van der Waals surface area (Å²) in [7, 11) is 0. The number of thiophene rings is 1. The van der Waals surface area contributed by atoms with Crippen LogP contribution in [0.15, 0.2) is 41.8 Å². The lowest BCUT2D eigenvalue weighted by Crippen LogP contribution is -2.43. The molecule has 0 radical (unpaired) electrons. The molecule has 1 atom stereocenters. The lowest BCUT2D eigenvalue weighted by Gasteiger charge is -2.35. The fourth-order valence-electron chi connectivity index (χ4n) is 3.94. The van der Waals surface area contributed by atoms with Crippen molar-refractivity contribution >= 4 is 17.2 Å². The third-order valence-corrected chi connectivity index (χ3v) is 6.34. The summed E-state index contributed by atoms with van der Waals surface area (Å²) in [6.07, 6.45) is 5.74. The van der Waals surface area contributed by atoms with Crippen molar-refractivity contribution in [3.63, 3.8) is 0 Å². The SMILES string of the molecule is O=C(CN1CCc2sccc2[C@H]1C1CC1)NCCCc1ccccc1. The van der Waals surface area contributed by atoms with Crippen LogP contribution in [-0.2, 0) is 17.6 Å². The van der Waals surface area contributed by atoms with E-state index in [1.165, 1.54) is 28.8 Å². The summed E-state index contributed by atoms with van der Waals surface area (Å²) in [5, 5.41) is 5.34. The zero-order valence-electron chi connectivity index (χ0n) is 14.6. The number of nitrogens with one attached hydrogen (secondary N) is 1. The lowest BCUT2D eigenvalue weighted by molar-refractivity contribution is -0.123. The summed E-state index contributed by atoms with van der Waals surface area (Å²) in [6, 6.07) is 13.2. The molecular weight excluding hydrogens is 328 g/mol. The van der Waals surface area contributed by atoms with Crippen LogP contribution in [0, 0.1) is 5.92 Å². The number of amides is 1. The van der Waals surface area contributed by atoms with Crippen LogP contribution in [-0.4, -0.2) is 30.4 Å². The molecule has 25 heavy (non-hydrogen) atoms. The summed E-state index contributed by atoms with van der Waals surface area (Å²) in [5.41, 5.74) is 2.84. The van der Waals surface area contributed by atoms with Crippen molar-refractivity contribution in [3.05, 3.63) is 57.8 Å². The van der Waals surface area contributed by atoms with Gasteiger partial charge in [-0.2, -0.15) is 0 Å². The Bertz CT molecular complexity index is 708. The lowest BCUT2D eigenvalue weighted by atomic mass is 9.96. The first kappa shape index (κ1) is 16.8. The highest BCUT2D eigenvalue weighted by Crippen LogP contribution is 2.48. The van der Waals surface area contributed by atoms with E-state index >= 15 is 0 Å². The highest BCUT2D eigenvalue weighted by atomic mass is 32.1. The maximum absolute atomic E-state index is 12.4. The van der Waals surface area contributed by atoms with Crippen molar-refractivity contribution in [2.24, 2.45) is 5.92 Å². The van der Waals surface area contributed by atoms with Gasteiger partial charge in [0, 0.05) is 24.0 Å². The molecule has 2 aliphatic rings. The second-order valence-electron chi connectivity index (χ2n) is 7.24. The van der Waals surface area contributed by atoms with Crippen LogP contribution >= 0.6 is 11.3 Å². The summed E-state index contributed by atoms with van der Waals surface area (Å²) in [5.74, 6) is 0.942. The minimum atomic E-state index is 0.178. The second-order valence-corrected chi connectivity index (χ2v) is 8.24. The van der Waals surface area contributed by atoms with Gasteiger partial charge in [0.2, 0.25) is 5.91 Å². The molecule has 2 aromatic rings. The van der Waals surface area contributed by atoms with Crippen molar-refractivity contribution in [2.45, 2.75) is 38.1 Å².